The van der Waals surface area contributed by atoms with Crippen molar-refractivity contribution in [2.45, 2.75) is 44.4 Å². The molecule has 1 heterocycles. The van der Waals surface area contributed by atoms with Crippen LogP contribution in [-0.2, 0) is 12.7 Å². The van der Waals surface area contributed by atoms with Gasteiger partial charge < -0.3 is 10.1 Å². The van der Waals surface area contributed by atoms with E-state index in [4.69, 9.17) is 16.3 Å². The van der Waals surface area contributed by atoms with Crippen LogP contribution in [0.5, 0.6) is 5.75 Å². The molecule has 0 spiro atoms. The predicted molar refractivity (Wildman–Crippen MR) is 124 cm³/mol. The molecule has 1 fully saturated rings. The van der Waals surface area contributed by atoms with E-state index in [1.807, 2.05) is 35.0 Å². The summed E-state index contributed by atoms with van der Waals surface area (Å²) in [6, 6.07) is 12.5. The molecule has 34 heavy (non-hydrogen) atoms. The fraction of sp³-hybridized carbons (Fsp3) is 0.360. The Kier molecular flexibility index (Phi) is 7.16. The van der Waals surface area contributed by atoms with Gasteiger partial charge in [-0.1, -0.05) is 11.6 Å². The van der Waals surface area contributed by atoms with E-state index in [1.165, 1.54) is 0 Å². The highest BCUT2D eigenvalue weighted by atomic mass is 35.5. The lowest BCUT2D eigenvalue weighted by molar-refractivity contribution is -0.137. The van der Waals surface area contributed by atoms with Gasteiger partial charge in [0.15, 0.2) is 0 Å². The van der Waals surface area contributed by atoms with E-state index in [1.54, 1.807) is 13.3 Å². The number of nitrogens with one attached hydrogen (secondary N) is 1. The molecule has 0 saturated heterocycles. The van der Waals surface area contributed by atoms with Crippen molar-refractivity contribution in [3.8, 4) is 17.0 Å². The van der Waals surface area contributed by atoms with Crippen molar-refractivity contribution >= 4 is 17.5 Å². The smallest absolute Gasteiger partial charge is 0.416 e. The van der Waals surface area contributed by atoms with Gasteiger partial charge in [0, 0.05) is 24.3 Å². The van der Waals surface area contributed by atoms with Crippen LogP contribution in [0.4, 0.5) is 13.2 Å². The average molecular weight is 492 g/mol. The lowest BCUT2D eigenvalue weighted by atomic mass is 9.85. The fourth-order valence-corrected chi connectivity index (χ4v) is 4.56. The fourth-order valence-electron chi connectivity index (χ4n) is 4.36. The number of alkyl halides is 3. The zero-order chi connectivity index (χ0) is 24.3. The summed E-state index contributed by atoms with van der Waals surface area (Å²) in [4.78, 5) is 12.6. The van der Waals surface area contributed by atoms with Crippen LogP contribution in [0.15, 0.2) is 54.7 Å². The first-order chi connectivity index (χ1) is 16.2. The Balaban J connectivity index is 1.34. The third-order valence-electron chi connectivity index (χ3n) is 6.25. The molecule has 180 valence electrons. The van der Waals surface area contributed by atoms with Crippen LogP contribution in [0.2, 0.25) is 5.02 Å². The first kappa shape index (κ1) is 24.1. The maximum absolute atomic E-state index is 13.0. The zero-order valence-electron chi connectivity index (χ0n) is 18.6. The summed E-state index contributed by atoms with van der Waals surface area (Å²) < 4.78 is 46.2. The number of methoxy groups -OCH3 is 1. The van der Waals surface area contributed by atoms with Crippen molar-refractivity contribution in [1.29, 1.82) is 0 Å². The Morgan fingerprint density at radius 1 is 1.12 bits per heavy atom. The highest BCUT2D eigenvalue weighted by Gasteiger charge is 2.32. The number of hydrogen-bond donors (Lipinski definition) is 1. The predicted octanol–water partition coefficient (Wildman–Crippen LogP) is 6.22. The first-order valence-corrected chi connectivity index (χ1v) is 11.5. The van der Waals surface area contributed by atoms with Crippen molar-refractivity contribution < 1.29 is 22.7 Å². The molecule has 1 N–H and O–H groups in total. The number of nitrogens with zero attached hydrogens (tertiary/aromatic N) is 2. The van der Waals surface area contributed by atoms with Crippen molar-refractivity contribution in [1.82, 2.24) is 15.1 Å². The SMILES string of the molecule is COc1ccc(-c2ccnn2CC2CCC(NC(=O)c3cc(C(F)(F)F)ccc3Cl)CC2)cc1. The van der Waals surface area contributed by atoms with E-state index in [9.17, 15) is 18.0 Å². The maximum Gasteiger partial charge on any atom is 0.416 e. The highest BCUT2D eigenvalue weighted by molar-refractivity contribution is 6.33. The van der Waals surface area contributed by atoms with Crippen molar-refractivity contribution in [3.63, 3.8) is 0 Å². The third-order valence-corrected chi connectivity index (χ3v) is 6.58. The third kappa shape index (κ3) is 5.55. The molecule has 1 amide bonds. The van der Waals surface area contributed by atoms with Crippen LogP contribution < -0.4 is 10.1 Å². The van der Waals surface area contributed by atoms with Gasteiger partial charge in [-0.15, -0.1) is 0 Å². The molecule has 0 radical (unpaired) electrons. The van der Waals surface area contributed by atoms with Crippen LogP contribution in [0.25, 0.3) is 11.3 Å². The monoisotopic (exact) mass is 491 g/mol. The average Bonchev–Trinajstić information content (AvgIpc) is 3.28. The van der Waals surface area contributed by atoms with Gasteiger partial charge in [-0.05, 0) is 80.1 Å². The standard InChI is InChI=1S/C25H25ClF3N3O2/c1-34-20-9-4-17(5-10-20)23-12-13-30-32(23)15-16-2-7-19(8-3-16)31-24(33)21-14-18(25(27,28)29)6-11-22(21)26/h4-6,9-14,16,19H,2-3,7-8,15H2,1H3,(H,31,33). The highest BCUT2D eigenvalue weighted by Crippen LogP contribution is 2.32. The van der Waals surface area contributed by atoms with Crippen LogP contribution in [-0.4, -0.2) is 28.8 Å². The van der Waals surface area contributed by atoms with E-state index in [0.717, 1.165) is 67.4 Å². The number of hydrogen-bond acceptors (Lipinski definition) is 3. The minimum absolute atomic E-state index is 0.00364. The molecular formula is C25H25ClF3N3O2. The van der Waals surface area contributed by atoms with Gasteiger partial charge >= 0.3 is 6.18 Å². The Morgan fingerprint density at radius 2 is 1.82 bits per heavy atom. The summed E-state index contributed by atoms with van der Waals surface area (Å²) in [6.45, 7) is 0.758. The quantitative estimate of drug-likeness (QED) is 0.445. The van der Waals surface area contributed by atoms with E-state index < -0.39 is 17.6 Å². The number of carbonyl (C=O) groups is 1. The van der Waals surface area contributed by atoms with Crippen molar-refractivity contribution in [2.24, 2.45) is 5.92 Å². The van der Waals surface area contributed by atoms with Gasteiger partial charge in [-0.3, -0.25) is 9.48 Å². The number of aromatic nitrogens is 2. The van der Waals surface area contributed by atoms with E-state index in [-0.39, 0.29) is 16.6 Å². The lowest BCUT2D eigenvalue weighted by Crippen LogP contribution is -2.38. The van der Waals surface area contributed by atoms with Crippen LogP contribution >= 0.6 is 11.6 Å². The van der Waals surface area contributed by atoms with Gasteiger partial charge in [-0.25, -0.2) is 0 Å². The topological polar surface area (TPSA) is 56.1 Å². The number of benzene rings is 2. The molecule has 1 aliphatic carbocycles. The minimum Gasteiger partial charge on any atom is -0.497 e. The molecule has 0 bridgehead atoms. The summed E-state index contributed by atoms with van der Waals surface area (Å²) in [5.41, 5.74) is 1.03. The molecule has 1 aromatic heterocycles. The molecule has 9 heteroatoms. The molecule has 1 aliphatic rings. The van der Waals surface area contributed by atoms with Gasteiger partial charge in [0.1, 0.15) is 5.75 Å². The maximum atomic E-state index is 13.0. The number of carbonyl (C=O) groups excluding carboxylic acids is 1. The van der Waals surface area contributed by atoms with Gasteiger partial charge in [0.05, 0.1) is 29.0 Å². The molecular weight excluding hydrogens is 467 g/mol. The van der Waals surface area contributed by atoms with E-state index in [0.29, 0.717) is 5.92 Å². The zero-order valence-corrected chi connectivity index (χ0v) is 19.4. The number of amides is 1. The molecule has 1 saturated carbocycles. The van der Waals surface area contributed by atoms with E-state index >= 15 is 0 Å². The molecule has 3 aromatic rings. The van der Waals surface area contributed by atoms with E-state index in [2.05, 4.69) is 10.4 Å². The van der Waals surface area contributed by atoms with Gasteiger partial charge in [0.25, 0.3) is 5.91 Å². The van der Waals surface area contributed by atoms with Gasteiger partial charge in [-0.2, -0.15) is 18.3 Å². The summed E-state index contributed by atoms with van der Waals surface area (Å²) >= 11 is 6.00. The Labute approximate surface area is 200 Å². The number of ether oxygens (including phenoxy) is 1. The van der Waals surface area contributed by atoms with Gasteiger partial charge in [0.2, 0.25) is 0 Å². The second kappa shape index (κ2) is 10.1. The van der Waals surface area contributed by atoms with Crippen LogP contribution in [0.3, 0.4) is 0 Å². The lowest BCUT2D eigenvalue weighted by Gasteiger charge is -2.29. The summed E-state index contributed by atoms with van der Waals surface area (Å²) in [5.74, 6) is 0.609. The second-order valence-electron chi connectivity index (χ2n) is 8.51. The Morgan fingerprint density at radius 3 is 2.47 bits per heavy atom. The first-order valence-electron chi connectivity index (χ1n) is 11.1. The minimum atomic E-state index is -4.53. The summed E-state index contributed by atoms with van der Waals surface area (Å²) in [5, 5.41) is 7.34. The molecule has 5 nitrogen and oxygen atoms in total. The number of halogens is 4. The number of rotatable bonds is 6. The molecule has 0 aliphatic heterocycles. The van der Waals surface area contributed by atoms with Crippen LogP contribution in [0, 0.1) is 5.92 Å². The normalized spacial score (nSPS) is 18.5. The second-order valence-corrected chi connectivity index (χ2v) is 8.92. The molecule has 0 atom stereocenters. The largest absolute Gasteiger partial charge is 0.497 e. The summed E-state index contributed by atoms with van der Waals surface area (Å²) in [7, 11) is 1.63. The molecule has 0 unspecified atom stereocenters. The summed E-state index contributed by atoms with van der Waals surface area (Å²) in [6.07, 6.45) is 0.490. The van der Waals surface area contributed by atoms with Crippen LogP contribution in [0.1, 0.15) is 41.6 Å². The van der Waals surface area contributed by atoms with Crippen molar-refractivity contribution in [2.75, 3.05) is 7.11 Å². The van der Waals surface area contributed by atoms with Crippen molar-refractivity contribution in [3.05, 3.63) is 70.9 Å². The Bertz CT molecular complexity index is 1140. The molecule has 4 rings (SSSR count). The molecule has 2 aromatic carbocycles. The Hall–Kier alpha value is -3.00.